The topological polar surface area (TPSA) is 65.9 Å². The second-order valence-corrected chi connectivity index (χ2v) is 8.78. The van der Waals surface area contributed by atoms with Crippen molar-refractivity contribution in [3.63, 3.8) is 0 Å². The largest absolute Gasteiger partial charge is 0.374 e. The molecule has 1 aromatic carbocycles. The Morgan fingerprint density at radius 3 is 2.52 bits per heavy atom. The van der Waals surface area contributed by atoms with E-state index in [4.69, 9.17) is 4.74 Å². The molecule has 0 bridgehead atoms. The number of carbonyl (C=O) groups is 1. The highest BCUT2D eigenvalue weighted by Gasteiger charge is 2.58. The number of aryl methyl sites for hydroxylation is 1. The number of amides is 1. The summed E-state index contributed by atoms with van der Waals surface area (Å²) in [5, 5.41) is 10.7. The first kappa shape index (κ1) is 20.5. The minimum atomic E-state index is -0.934. The highest BCUT2D eigenvalue weighted by Crippen LogP contribution is 2.48. The number of pyridine rings is 1. The van der Waals surface area contributed by atoms with Crippen LogP contribution in [-0.2, 0) is 9.53 Å². The maximum Gasteiger partial charge on any atom is 0.257 e. The number of rotatable bonds is 3. The van der Waals surface area contributed by atoms with Gasteiger partial charge in [0.2, 0.25) is 0 Å². The zero-order valence-corrected chi connectivity index (χ0v) is 17.3. The monoisotopic (exact) mass is 429 g/mol. The highest BCUT2D eigenvalue weighted by molar-refractivity contribution is 5.88. The van der Waals surface area contributed by atoms with Crippen molar-refractivity contribution in [1.29, 1.82) is 0 Å². The number of hydrogen-bond acceptors (Lipinski definition) is 5. The minimum Gasteiger partial charge on any atom is -0.374 e. The van der Waals surface area contributed by atoms with Crippen LogP contribution in [0.15, 0.2) is 36.7 Å². The zero-order chi connectivity index (χ0) is 21.8. The van der Waals surface area contributed by atoms with E-state index < -0.39 is 23.5 Å². The van der Waals surface area contributed by atoms with Gasteiger partial charge in [-0.1, -0.05) is 0 Å². The first-order valence-electron chi connectivity index (χ1n) is 10.7. The fraction of sp³-hybridized carbons (Fsp3) is 0.478. The molecular weight excluding hydrogens is 404 g/mol. The Morgan fingerprint density at radius 2 is 1.84 bits per heavy atom. The van der Waals surface area contributed by atoms with Gasteiger partial charge < -0.3 is 14.7 Å². The number of aliphatic hydroxyl groups is 1. The van der Waals surface area contributed by atoms with Gasteiger partial charge in [0.1, 0.15) is 24.1 Å². The number of nitrogens with zero attached hydrogens (tertiary/aromatic N) is 3. The van der Waals surface area contributed by atoms with E-state index in [1.165, 1.54) is 12.1 Å². The van der Waals surface area contributed by atoms with Crippen LogP contribution in [0.1, 0.15) is 54.6 Å². The lowest BCUT2D eigenvalue weighted by atomic mass is 9.89. The number of halogens is 2. The number of benzene rings is 1. The number of likely N-dealkylation sites (tertiary alicyclic amines) is 1. The summed E-state index contributed by atoms with van der Waals surface area (Å²) >= 11 is 0. The van der Waals surface area contributed by atoms with Gasteiger partial charge in [-0.3, -0.25) is 14.7 Å². The molecule has 4 heterocycles. The highest BCUT2D eigenvalue weighted by atomic mass is 19.1. The molecule has 5 rings (SSSR count). The molecule has 1 amide bonds. The Bertz CT molecular complexity index is 989. The molecule has 8 heteroatoms. The lowest BCUT2D eigenvalue weighted by Gasteiger charge is -2.39. The first-order chi connectivity index (χ1) is 14.9. The van der Waals surface area contributed by atoms with Crippen LogP contribution in [0.3, 0.4) is 0 Å². The molecule has 2 aromatic rings. The fourth-order valence-corrected chi connectivity index (χ4v) is 5.20. The Balaban J connectivity index is 1.31. The average molecular weight is 429 g/mol. The number of ether oxygens (including phenoxy) is 1. The van der Waals surface area contributed by atoms with E-state index in [9.17, 15) is 18.7 Å². The fourth-order valence-electron chi connectivity index (χ4n) is 5.20. The van der Waals surface area contributed by atoms with Gasteiger partial charge in [0.05, 0.1) is 6.04 Å². The van der Waals surface area contributed by atoms with Crippen LogP contribution in [0.2, 0.25) is 0 Å². The summed E-state index contributed by atoms with van der Waals surface area (Å²) in [6, 6.07) is 4.94. The van der Waals surface area contributed by atoms with E-state index >= 15 is 0 Å². The number of carbonyl (C=O) groups excluding carboxylic acids is 1. The van der Waals surface area contributed by atoms with Gasteiger partial charge in [-0.05, 0) is 61.9 Å². The second kappa shape index (κ2) is 7.62. The van der Waals surface area contributed by atoms with Gasteiger partial charge in [0.25, 0.3) is 5.91 Å². The quantitative estimate of drug-likeness (QED) is 0.812. The molecule has 1 spiro atoms. The van der Waals surface area contributed by atoms with E-state index in [1.807, 2.05) is 17.9 Å². The molecule has 31 heavy (non-hydrogen) atoms. The average Bonchev–Trinajstić information content (AvgIpc) is 3.26. The van der Waals surface area contributed by atoms with Crippen molar-refractivity contribution in [2.75, 3.05) is 13.1 Å². The third-order valence-corrected chi connectivity index (χ3v) is 6.73. The third-order valence-electron chi connectivity index (χ3n) is 6.73. The van der Waals surface area contributed by atoms with Crippen LogP contribution < -0.4 is 0 Å². The Kier molecular flexibility index (Phi) is 5.03. The molecular formula is C23H25F2N3O3. The van der Waals surface area contributed by atoms with E-state index in [2.05, 4.69) is 4.98 Å². The molecule has 0 aliphatic carbocycles. The number of fused-ring (bicyclic) bond motifs is 1. The molecule has 164 valence electrons. The summed E-state index contributed by atoms with van der Waals surface area (Å²) in [4.78, 5) is 21.2. The van der Waals surface area contributed by atoms with Crippen LogP contribution >= 0.6 is 0 Å². The molecule has 6 nitrogen and oxygen atoms in total. The Labute approximate surface area is 179 Å². The first-order valence-corrected chi connectivity index (χ1v) is 10.7. The summed E-state index contributed by atoms with van der Waals surface area (Å²) in [7, 11) is 0. The molecule has 0 saturated carbocycles. The van der Waals surface area contributed by atoms with Crippen molar-refractivity contribution in [2.45, 2.75) is 56.7 Å². The van der Waals surface area contributed by atoms with E-state index in [-0.39, 0.29) is 18.2 Å². The van der Waals surface area contributed by atoms with E-state index in [0.717, 1.165) is 17.2 Å². The molecule has 3 saturated heterocycles. The van der Waals surface area contributed by atoms with Crippen molar-refractivity contribution < 1.29 is 23.4 Å². The van der Waals surface area contributed by atoms with Crippen molar-refractivity contribution >= 4 is 5.91 Å². The molecule has 1 N–H and O–H groups in total. The molecule has 3 aliphatic rings. The summed E-state index contributed by atoms with van der Waals surface area (Å²) in [6.07, 6.45) is 4.39. The standard InChI is InChI=1S/C23H25F2N3O3/c1-14-8-16(13-26-12-14)21(29)27-6-4-23(5-7-27)22(30)28-19(2-3-20(28)31-23)15-9-17(24)11-18(25)10-15/h8-13,19-21,29H,2-7H2,1H3/t19-,20+,21?/m0/s1. The zero-order valence-electron chi connectivity index (χ0n) is 17.3. The van der Waals surface area contributed by atoms with Gasteiger partial charge in [0, 0.05) is 37.1 Å². The summed E-state index contributed by atoms with van der Waals surface area (Å²) in [6.45, 7) is 2.93. The van der Waals surface area contributed by atoms with Gasteiger partial charge in [0.15, 0.2) is 5.60 Å². The van der Waals surface area contributed by atoms with Gasteiger partial charge >= 0.3 is 0 Å². The smallest absolute Gasteiger partial charge is 0.257 e. The minimum absolute atomic E-state index is 0.115. The van der Waals surface area contributed by atoms with Crippen molar-refractivity contribution in [3.8, 4) is 0 Å². The van der Waals surface area contributed by atoms with Crippen LogP contribution in [0.5, 0.6) is 0 Å². The summed E-state index contributed by atoms with van der Waals surface area (Å²) in [5.74, 6) is -1.40. The van der Waals surface area contributed by atoms with Crippen molar-refractivity contribution in [3.05, 3.63) is 65.0 Å². The summed E-state index contributed by atoms with van der Waals surface area (Å²) < 4.78 is 33.8. The van der Waals surface area contributed by atoms with Crippen molar-refractivity contribution in [2.24, 2.45) is 0 Å². The second-order valence-electron chi connectivity index (χ2n) is 8.78. The molecule has 1 unspecified atom stereocenters. The lowest BCUT2D eigenvalue weighted by molar-refractivity contribution is -0.147. The molecule has 3 fully saturated rings. The Morgan fingerprint density at radius 1 is 1.13 bits per heavy atom. The SMILES string of the molecule is Cc1cncc(C(O)N2CCC3(CC2)O[C@@H]2CC[C@@H](c4cc(F)cc(F)c4)N2C3=O)c1. The number of piperidine rings is 1. The molecule has 3 aliphatic heterocycles. The molecule has 1 aromatic heterocycles. The predicted octanol–water partition coefficient (Wildman–Crippen LogP) is 3.21. The van der Waals surface area contributed by atoms with Gasteiger partial charge in [-0.15, -0.1) is 0 Å². The number of aromatic nitrogens is 1. The van der Waals surface area contributed by atoms with E-state index in [1.54, 1.807) is 17.3 Å². The number of aliphatic hydroxyl groups excluding tert-OH is 1. The normalized spacial score (nSPS) is 26.5. The maximum absolute atomic E-state index is 13.7. The van der Waals surface area contributed by atoms with Crippen LogP contribution in [0, 0.1) is 18.6 Å². The van der Waals surface area contributed by atoms with Gasteiger partial charge in [-0.2, -0.15) is 0 Å². The van der Waals surface area contributed by atoms with Crippen LogP contribution in [-0.4, -0.2) is 50.7 Å². The lowest BCUT2D eigenvalue weighted by Crippen LogP contribution is -2.51. The summed E-state index contributed by atoms with van der Waals surface area (Å²) in [5.41, 5.74) is 1.23. The van der Waals surface area contributed by atoms with Crippen molar-refractivity contribution in [1.82, 2.24) is 14.8 Å². The molecule has 3 atom stereocenters. The Hall–Kier alpha value is -2.42. The van der Waals surface area contributed by atoms with Gasteiger partial charge in [-0.25, -0.2) is 8.78 Å². The maximum atomic E-state index is 13.7. The van der Waals surface area contributed by atoms with E-state index in [0.29, 0.717) is 44.3 Å². The third kappa shape index (κ3) is 3.52. The van der Waals surface area contributed by atoms with Crippen LogP contribution in [0.4, 0.5) is 8.78 Å². The molecule has 0 radical (unpaired) electrons. The predicted molar refractivity (Wildman–Crippen MR) is 108 cm³/mol. The number of hydrogen-bond donors (Lipinski definition) is 1. The van der Waals surface area contributed by atoms with Crippen LogP contribution in [0.25, 0.3) is 0 Å².